The first kappa shape index (κ1) is 23.0. The first-order valence-corrected chi connectivity index (χ1v) is 10.4. The number of halogens is 1. The van der Waals surface area contributed by atoms with E-state index in [9.17, 15) is 0 Å². The monoisotopic (exact) mass is 514 g/mol. The van der Waals surface area contributed by atoms with Crippen LogP contribution in [0, 0.1) is 6.92 Å². The summed E-state index contributed by atoms with van der Waals surface area (Å²) in [6, 6.07) is 13.5. The smallest absolute Gasteiger partial charge is 0.191 e. The van der Waals surface area contributed by atoms with Crippen LogP contribution in [0.1, 0.15) is 22.2 Å². The van der Waals surface area contributed by atoms with E-state index < -0.39 is 0 Å². The van der Waals surface area contributed by atoms with Crippen molar-refractivity contribution in [3.8, 4) is 0 Å². The number of thiophene rings is 1. The standard InChI is InChI=1S/C21H30N4OS.HI/c1-16(14-20-9-4-17(2)27-20)24-21(22-3)23-15-18-5-7-19(8-6-18)25-10-12-26-13-11-25;/h4-9,16H,10-15H2,1-3H3,(H2,22,23,24);1H. The molecule has 1 saturated heterocycles. The Hall–Kier alpha value is -1.32. The molecule has 2 N–H and O–H groups in total. The van der Waals surface area contributed by atoms with Gasteiger partial charge in [-0.15, -0.1) is 35.3 Å². The Morgan fingerprint density at radius 2 is 1.89 bits per heavy atom. The van der Waals surface area contributed by atoms with Crippen molar-refractivity contribution < 1.29 is 4.74 Å². The number of aryl methyl sites for hydroxylation is 1. The lowest BCUT2D eigenvalue weighted by Gasteiger charge is -2.29. The zero-order valence-electron chi connectivity index (χ0n) is 16.9. The van der Waals surface area contributed by atoms with Crippen LogP contribution < -0.4 is 15.5 Å². The molecule has 3 rings (SSSR count). The normalized spacial score (nSPS) is 15.7. The molecule has 1 fully saturated rings. The maximum absolute atomic E-state index is 5.42. The predicted molar refractivity (Wildman–Crippen MR) is 130 cm³/mol. The number of nitrogens with one attached hydrogen (secondary N) is 2. The molecule has 1 aromatic carbocycles. The van der Waals surface area contributed by atoms with Crippen molar-refractivity contribution in [1.82, 2.24) is 10.6 Å². The number of anilines is 1. The zero-order valence-corrected chi connectivity index (χ0v) is 20.1. The van der Waals surface area contributed by atoms with Crippen LogP contribution in [-0.2, 0) is 17.7 Å². The Bertz CT molecular complexity index is 741. The number of morpholine rings is 1. The summed E-state index contributed by atoms with van der Waals surface area (Å²) < 4.78 is 5.42. The van der Waals surface area contributed by atoms with E-state index >= 15 is 0 Å². The van der Waals surface area contributed by atoms with E-state index in [-0.39, 0.29) is 24.0 Å². The van der Waals surface area contributed by atoms with Crippen LogP contribution in [0.4, 0.5) is 5.69 Å². The number of aliphatic imine (C=N–C) groups is 1. The molecule has 0 bridgehead atoms. The number of hydrogen-bond acceptors (Lipinski definition) is 4. The summed E-state index contributed by atoms with van der Waals surface area (Å²) in [4.78, 5) is 9.49. The Morgan fingerprint density at radius 3 is 2.50 bits per heavy atom. The fourth-order valence-corrected chi connectivity index (χ4v) is 4.23. The summed E-state index contributed by atoms with van der Waals surface area (Å²) in [7, 11) is 1.82. The van der Waals surface area contributed by atoms with E-state index in [4.69, 9.17) is 4.74 Å². The third-order valence-corrected chi connectivity index (χ3v) is 5.71. The van der Waals surface area contributed by atoms with Crippen molar-refractivity contribution in [3.05, 3.63) is 51.7 Å². The number of ether oxygens (including phenoxy) is 1. The molecule has 5 nitrogen and oxygen atoms in total. The average molecular weight is 514 g/mol. The largest absolute Gasteiger partial charge is 0.378 e. The summed E-state index contributed by atoms with van der Waals surface area (Å²) >= 11 is 1.86. The number of hydrogen-bond donors (Lipinski definition) is 2. The predicted octanol–water partition coefficient (Wildman–Crippen LogP) is 3.81. The topological polar surface area (TPSA) is 48.9 Å². The van der Waals surface area contributed by atoms with Crippen LogP contribution in [0.25, 0.3) is 0 Å². The molecule has 28 heavy (non-hydrogen) atoms. The van der Waals surface area contributed by atoms with Crippen LogP contribution in [0.2, 0.25) is 0 Å². The third kappa shape index (κ3) is 6.93. The molecule has 0 aliphatic carbocycles. The maximum atomic E-state index is 5.42. The Balaban J connectivity index is 0.00000280. The number of nitrogens with zero attached hydrogens (tertiary/aromatic N) is 2. The second-order valence-corrected chi connectivity index (χ2v) is 8.33. The van der Waals surface area contributed by atoms with Crippen LogP contribution in [0.5, 0.6) is 0 Å². The van der Waals surface area contributed by atoms with Gasteiger partial charge < -0.3 is 20.3 Å². The van der Waals surface area contributed by atoms with E-state index in [1.54, 1.807) is 0 Å². The van der Waals surface area contributed by atoms with Crippen molar-refractivity contribution in [2.75, 3.05) is 38.3 Å². The maximum Gasteiger partial charge on any atom is 0.191 e. The number of guanidine groups is 1. The molecule has 1 aliphatic rings. The molecule has 0 spiro atoms. The molecular formula is C21H31IN4OS. The minimum absolute atomic E-state index is 0. The van der Waals surface area contributed by atoms with Gasteiger partial charge in [-0.1, -0.05) is 12.1 Å². The third-order valence-electron chi connectivity index (χ3n) is 4.68. The van der Waals surface area contributed by atoms with Gasteiger partial charge in [0.2, 0.25) is 0 Å². The molecule has 2 aromatic rings. The fraction of sp³-hybridized carbons (Fsp3) is 0.476. The van der Waals surface area contributed by atoms with Gasteiger partial charge in [0, 0.05) is 54.6 Å². The van der Waals surface area contributed by atoms with E-state index in [1.165, 1.54) is 21.0 Å². The van der Waals surface area contributed by atoms with E-state index in [1.807, 2.05) is 18.4 Å². The highest BCUT2D eigenvalue weighted by Gasteiger charge is 2.11. The summed E-state index contributed by atoms with van der Waals surface area (Å²) in [6.45, 7) is 8.67. The second-order valence-electron chi connectivity index (χ2n) is 6.95. The molecule has 1 aliphatic heterocycles. The number of benzene rings is 1. The highest BCUT2D eigenvalue weighted by Crippen LogP contribution is 2.17. The van der Waals surface area contributed by atoms with Gasteiger partial charge in [0.15, 0.2) is 5.96 Å². The molecule has 1 aromatic heterocycles. The molecule has 2 heterocycles. The van der Waals surface area contributed by atoms with Crippen LogP contribution in [0.3, 0.4) is 0 Å². The molecule has 7 heteroatoms. The van der Waals surface area contributed by atoms with Crippen molar-refractivity contribution >= 4 is 47.0 Å². The quantitative estimate of drug-likeness (QED) is 0.350. The Labute approximate surface area is 189 Å². The summed E-state index contributed by atoms with van der Waals surface area (Å²) in [5.41, 5.74) is 2.51. The Morgan fingerprint density at radius 1 is 1.18 bits per heavy atom. The molecular weight excluding hydrogens is 483 g/mol. The van der Waals surface area contributed by atoms with Gasteiger partial charge in [-0.3, -0.25) is 4.99 Å². The van der Waals surface area contributed by atoms with E-state index in [0.717, 1.165) is 45.2 Å². The lowest BCUT2D eigenvalue weighted by molar-refractivity contribution is 0.122. The van der Waals surface area contributed by atoms with Gasteiger partial charge in [0.25, 0.3) is 0 Å². The van der Waals surface area contributed by atoms with Gasteiger partial charge in [0.1, 0.15) is 0 Å². The van der Waals surface area contributed by atoms with Gasteiger partial charge in [-0.25, -0.2) is 0 Å². The molecule has 154 valence electrons. The summed E-state index contributed by atoms with van der Waals surface area (Å²) in [5.74, 6) is 0.841. The highest BCUT2D eigenvalue weighted by molar-refractivity contribution is 14.0. The average Bonchev–Trinajstić information content (AvgIpc) is 3.10. The molecule has 1 unspecified atom stereocenters. The second kappa shape index (κ2) is 11.6. The minimum Gasteiger partial charge on any atom is -0.378 e. The minimum atomic E-state index is 0. The molecule has 0 amide bonds. The van der Waals surface area contributed by atoms with Crippen molar-refractivity contribution in [2.24, 2.45) is 4.99 Å². The molecule has 1 atom stereocenters. The highest BCUT2D eigenvalue weighted by atomic mass is 127. The fourth-order valence-electron chi connectivity index (χ4n) is 3.21. The SMILES string of the molecule is CN=C(NCc1ccc(N2CCOCC2)cc1)NC(C)Cc1ccc(C)s1.I. The van der Waals surface area contributed by atoms with Crippen molar-refractivity contribution in [3.63, 3.8) is 0 Å². The lowest BCUT2D eigenvalue weighted by atomic mass is 10.2. The molecule has 0 saturated carbocycles. The van der Waals surface area contributed by atoms with Gasteiger partial charge in [0.05, 0.1) is 13.2 Å². The first-order valence-electron chi connectivity index (χ1n) is 9.58. The first-order chi connectivity index (χ1) is 13.1. The lowest BCUT2D eigenvalue weighted by Crippen LogP contribution is -2.42. The van der Waals surface area contributed by atoms with E-state index in [2.05, 4.69) is 70.8 Å². The van der Waals surface area contributed by atoms with Gasteiger partial charge in [-0.05, 0) is 43.7 Å². The van der Waals surface area contributed by atoms with Crippen LogP contribution >= 0.6 is 35.3 Å². The summed E-state index contributed by atoms with van der Waals surface area (Å²) in [6.07, 6.45) is 1.01. The molecule has 0 radical (unpaired) electrons. The number of rotatable bonds is 6. The van der Waals surface area contributed by atoms with Crippen molar-refractivity contribution in [1.29, 1.82) is 0 Å². The Kier molecular flexibility index (Phi) is 9.53. The van der Waals surface area contributed by atoms with Gasteiger partial charge in [-0.2, -0.15) is 0 Å². The zero-order chi connectivity index (χ0) is 19.1. The van der Waals surface area contributed by atoms with Crippen LogP contribution in [0.15, 0.2) is 41.4 Å². The van der Waals surface area contributed by atoms with E-state index in [0.29, 0.717) is 6.04 Å². The van der Waals surface area contributed by atoms with Gasteiger partial charge >= 0.3 is 0 Å². The summed E-state index contributed by atoms with van der Waals surface area (Å²) in [5, 5.41) is 6.90. The van der Waals surface area contributed by atoms with Crippen LogP contribution in [-0.4, -0.2) is 45.4 Å². The van der Waals surface area contributed by atoms with Crippen molar-refractivity contribution in [2.45, 2.75) is 32.9 Å².